The lowest BCUT2D eigenvalue weighted by Crippen LogP contribution is -2.21. The fraction of sp³-hybridized carbons (Fsp3) is 0.100. The number of fused-ring (bicyclic) bond motifs is 3. The van der Waals surface area contributed by atoms with E-state index in [1.165, 1.54) is 16.9 Å². The Morgan fingerprint density at radius 1 is 1.12 bits per heavy atom. The Morgan fingerprint density at radius 2 is 1.88 bits per heavy atom. The van der Waals surface area contributed by atoms with Crippen LogP contribution in [0, 0.1) is 6.92 Å². The summed E-state index contributed by atoms with van der Waals surface area (Å²) in [5.41, 5.74) is 3.12. The van der Waals surface area contributed by atoms with Gasteiger partial charge in [0.25, 0.3) is 5.91 Å². The second-order valence-corrected chi connectivity index (χ2v) is 7.35. The summed E-state index contributed by atoms with van der Waals surface area (Å²) in [7, 11) is 0. The quantitative estimate of drug-likeness (QED) is 0.497. The number of hydrogen-bond acceptors (Lipinski definition) is 3. The molecule has 2 heterocycles. The zero-order valence-electron chi connectivity index (χ0n) is 13.5. The van der Waals surface area contributed by atoms with E-state index < -0.39 is 0 Å². The van der Waals surface area contributed by atoms with Crippen LogP contribution in [-0.4, -0.2) is 10.9 Å². The van der Waals surface area contributed by atoms with Crippen molar-refractivity contribution in [2.45, 2.75) is 13.5 Å². The van der Waals surface area contributed by atoms with Crippen molar-refractivity contribution in [1.82, 2.24) is 10.3 Å². The van der Waals surface area contributed by atoms with E-state index in [1.807, 2.05) is 61.5 Å². The van der Waals surface area contributed by atoms with Crippen LogP contribution in [0.2, 0.25) is 5.15 Å². The predicted molar refractivity (Wildman–Crippen MR) is 104 cm³/mol. The van der Waals surface area contributed by atoms with Crippen LogP contribution in [0.15, 0.2) is 54.6 Å². The number of halogens is 1. The maximum atomic E-state index is 12.5. The van der Waals surface area contributed by atoms with Gasteiger partial charge in [-0.2, -0.15) is 0 Å². The molecule has 2 aromatic carbocycles. The van der Waals surface area contributed by atoms with Gasteiger partial charge in [0.2, 0.25) is 0 Å². The molecule has 25 heavy (non-hydrogen) atoms. The molecule has 0 aliphatic heterocycles. The van der Waals surface area contributed by atoms with Gasteiger partial charge in [-0.1, -0.05) is 59.6 Å². The van der Waals surface area contributed by atoms with Gasteiger partial charge in [0.1, 0.15) is 5.15 Å². The highest BCUT2D eigenvalue weighted by Crippen LogP contribution is 2.35. The van der Waals surface area contributed by atoms with E-state index in [4.69, 9.17) is 11.6 Å². The number of nitrogens with zero attached hydrogens (tertiary/aromatic N) is 1. The fourth-order valence-corrected chi connectivity index (χ4v) is 4.17. The van der Waals surface area contributed by atoms with E-state index in [2.05, 4.69) is 10.3 Å². The molecule has 1 amide bonds. The summed E-state index contributed by atoms with van der Waals surface area (Å²) in [6, 6.07) is 17.8. The molecule has 2 aromatic heterocycles. The molecule has 0 saturated carbocycles. The Morgan fingerprint density at radius 3 is 2.68 bits per heavy atom. The first kappa shape index (κ1) is 16.1. The van der Waals surface area contributed by atoms with Crippen LogP contribution in [0.4, 0.5) is 0 Å². The number of aryl methyl sites for hydroxylation is 1. The minimum absolute atomic E-state index is 0.0954. The molecule has 0 bridgehead atoms. The van der Waals surface area contributed by atoms with Crippen LogP contribution in [0.25, 0.3) is 21.0 Å². The first-order valence-electron chi connectivity index (χ1n) is 7.93. The normalized spacial score (nSPS) is 11.1. The van der Waals surface area contributed by atoms with Crippen molar-refractivity contribution in [3.63, 3.8) is 0 Å². The van der Waals surface area contributed by atoms with Gasteiger partial charge in [0.05, 0.1) is 10.4 Å². The van der Waals surface area contributed by atoms with Crippen molar-refractivity contribution in [3.05, 3.63) is 75.8 Å². The number of hydrogen-bond donors (Lipinski definition) is 1. The summed E-state index contributed by atoms with van der Waals surface area (Å²) in [5.74, 6) is -0.0954. The zero-order valence-corrected chi connectivity index (χ0v) is 15.1. The monoisotopic (exact) mass is 366 g/mol. The van der Waals surface area contributed by atoms with Crippen molar-refractivity contribution < 1.29 is 4.79 Å². The minimum atomic E-state index is -0.0954. The molecular weight excluding hydrogens is 352 g/mol. The van der Waals surface area contributed by atoms with Gasteiger partial charge in [-0.15, -0.1) is 11.3 Å². The topological polar surface area (TPSA) is 42.0 Å². The molecule has 5 heteroatoms. The third-order valence-electron chi connectivity index (χ3n) is 4.12. The standard InChI is InChI=1S/C20H15ClN2OS/c1-12-6-8-13(9-7-12)11-22-20(24)17-10-15-18(25-17)14-4-2-3-5-16(14)23-19(15)21/h2-10H,11H2,1H3,(H,22,24). The van der Waals surface area contributed by atoms with Gasteiger partial charge in [-0.25, -0.2) is 4.98 Å². The summed E-state index contributed by atoms with van der Waals surface area (Å²) in [6.45, 7) is 2.54. The average Bonchev–Trinajstić information content (AvgIpc) is 3.07. The van der Waals surface area contributed by atoms with Crippen LogP contribution in [0.5, 0.6) is 0 Å². The molecular formula is C20H15ClN2OS. The molecule has 0 aliphatic carbocycles. The largest absolute Gasteiger partial charge is 0.347 e. The number of carbonyl (C=O) groups is 1. The summed E-state index contributed by atoms with van der Waals surface area (Å²) < 4.78 is 0.996. The van der Waals surface area contributed by atoms with Gasteiger partial charge in [-0.3, -0.25) is 4.79 Å². The SMILES string of the molecule is Cc1ccc(CNC(=O)c2cc3c(Cl)nc4ccccc4c3s2)cc1. The van der Waals surface area contributed by atoms with Crippen LogP contribution < -0.4 is 5.32 Å². The zero-order chi connectivity index (χ0) is 17.4. The molecule has 0 fully saturated rings. The van der Waals surface area contributed by atoms with E-state index in [0.717, 1.165) is 26.6 Å². The van der Waals surface area contributed by atoms with Gasteiger partial charge in [0, 0.05) is 22.0 Å². The maximum absolute atomic E-state index is 12.5. The van der Waals surface area contributed by atoms with E-state index in [0.29, 0.717) is 16.6 Å². The lowest BCUT2D eigenvalue weighted by atomic mass is 10.1. The van der Waals surface area contributed by atoms with Gasteiger partial charge >= 0.3 is 0 Å². The number of carbonyl (C=O) groups excluding carboxylic acids is 1. The molecule has 3 nitrogen and oxygen atoms in total. The van der Waals surface area contributed by atoms with Crippen molar-refractivity contribution in [2.24, 2.45) is 0 Å². The molecule has 4 aromatic rings. The summed E-state index contributed by atoms with van der Waals surface area (Å²) in [5, 5.41) is 5.25. The van der Waals surface area contributed by atoms with Crippen molar-refractivity contribution in [2.75, 3.05) is 0 Å². The number of nitrogens with one attached hydrogen (secondary N) is 1. The first-order valence-corrected chi connectivity index (χ1v) is 9.13. The van der Waals surface area contributed by atoms with Gasteiger partial charge in [-0.05, 0) is 24.6 Å². The van der Waals surface area contributed by atoms with Gasteiger partial charge in [0.15, 0.2) is 0 Å². The number of amides is 1. The molecule has 0 spiro atoms. The molecule has 0 saturated heterocycles. The molecule has 0 radical (unpaired) electrons. The second kappa shape index (κ2) is 6.47. The number of para-hydroxylation sites is 1. The molecule has 0 unspecified atom stereocenters. The Labute approximate surface area is 154 Å². The van der Waals surface area contributed by atoms with E-state index >= 15 is 0 Å². The number of benzene rings is 2. The lowest BCUT2D eigenvalue weighted by Gasteiger charge is -2.04. The van der Waals surface area contributed by atoms with Crippen molar-refractivity contribution in [1.29, 1.82) is 0 Å². The van der Waals surface area contributed by atoms with E-state index in [9.17, 15) is 4.79 Å². The molecule has 0 aliphatic rings. The third kappa shape index (κ3) is 3.11. The summed E-state index contributed by atoms with van der Waals surface area (Å²) in [6.07, 6.45) is 0. The highest BCUT2D eigenvalue weighted by atomic mass is 35.5. The molecule has 4 rings (SSSR count). The fourth-order valence-electron chi connectivity index (χ4n) is 2.76. The van der Waals surface area contributed by atoms with Crippen LogP contribution in [0.3, 0.4) is 0 Å². The molecule has 124 valence electrons. The molecule has 1 N–H and O–H groups in total. The van der Waals surface area contributed by atoms with Crippen molar-refractivity contribution >= 4 is 49.8 Å². The Bertz CT molecular complexity index is 1090. The van der Waals surface area contributed by atoms with E-state index in [-0.39, 0.29) is 5.91 Å². The summed E-state index contributed by atoms with van der Waals surface area (Å²) in [4.78, 5) is 17.6. The Kier molecular flexibility index (Phi) is 4.15. The summed E-state index contributed by atoms with van der Waals surface area (Å²) >= 11 is 7.76. The first-order chi connectivity index (χ1) is 12.1. The number of aromatic nitrogens is 1. The maximum Gasteiger partial charge on any atom is 0.261 e. The van der Waals surface area contributed by atoms with E-state index in [1.54, 1.807) is 0 Å². The second-order valence-electron chi connectivity index (χ2n) is 5.94. The highest BCUT2D eigenvalue weighted by Gasteiger charge is 2.15. The van der Waals surface area contributed by atoms with Crippen LogP contribution >= 0.6 is 22.9 Å². The smallest absolute Gasteiger partial charge is 0.261 e. The minimum Gasteiger partial charge on any atom is -0.347 e. The number of thiophene rings is 1. The van der Waals surface area contributed by atoms with Crippen molar-refractivity contribution in [3.8, 4) is 0 Å². The predicted octanol–water partition coefficient (Wildman–Crippen LogP) is 5.34. The van der Waals surface area contributed by atoms with Crippen LogP contribution in [0.1, 0.15) is 20.8 Å². The van der Waals surface area contributed by atoms with Crippen LogP contribution in [-0.2, 0) is 6.54 Å². The molecule has 0 atom stereocenters. The Hall–Kier alpha value is -2.43. The Balaban J connectivity index is 1.64. The highest BCUT2D eigenvalue weighted by molar-refractivity contribution is 7.21. The number of rotatable bonds is 3. The lowest BCUT2D eigenvalue weighted by molar-refractivity contribution is 0.0955. The average molecular weight is 367 g/mol. The number of pyridine rings is 1. The van der Waals surface area contributed by atoms with Gasteiger partial charge < -0.3 is 5.32 Å². The third-order valence-corrected chi connectivity index (χ3v) is 5.57.